The molecular formula is C15H23NOS. The van der Waals surface area contributed by atoms with Crippen molar-refractivity contribution in [2.45, 2.75) is 52.5 Å². The Balaban J connectivity index is 2.04. The topological polar surface area (TPSA) is 29.1 Å². The fraction of sp³-hybridized carbons (Fsp3) is 0.667. The molecular weight excluding hydrogens is 242 g/mol. The van der Waals surface area contributed by atoms with E-state index in [0.29, 0.717) is 12.0 Å². The van der Waals surface area contributed by atoms with E-state index < -0.39 is 0 Å². The van der Waals surface area contributed by atoms with Gasteiger partial charge in [0.15, 0.2) is 0 Å². The van der Waals surface area contributed by atoms with Crippen molar-refractivity contribution in [3.8, 4) is 0 Å². The summed E-state index contributed by atoms with van der Waals surface area (Å²) in [7, 11) is 0. The van der Waals surface area contributed by atoms with Gasteiger partial charge in [-0.3, -0.25) is 4.79 Å². The molecule has 0 spiro atoms. The highest BCUT2D eigenvalue weighted by Crippen LogP contribution is 2.38. The SMILES string of the molecule is CC(C)(C)C1CCCCC1NC(=O)c1ccsc1. The maximum absolute atomic E-state index is 12.1. The molecule has 0 aliphatic heterocycles. The Morgan fingerprint density at radius 3 is 2.67 bits per heavy atom. The summed E-state index contributed by atoms with van der Waals surface area (Å²) in [6.45, 7) is 6.85. The number of carbonyl (C=O) groups is 1. The van der Waals surface area contributed by atoms with Gasteiger partial charge in [-0.15, -0.1) is 0 Å². The number of amides is 1. The van der Waals surface area contributed by atoms with Crippen LogP contribution in [0.3, 0.4) is 0 Å². The third-order valence-electron chi connectivity index (χ3n) is 3.98. The number of nitrogens with one attached hydrogen (secondary N) is 1. The Morgan fingerprint density at radius 2 is 2.06 bits per heavy atom. The maximum atomic E-state index is 12.1. The molecule has 100 valence electrons. The minimum absolute atomic E-state index is 0.0948. The summed E-state index contributed by atoms with van der Waals surface area (Å²) in [6.07, 6.45) is 4.89. The molecule has 0 radical (unpaired) electrons. The van der Waals surface area contributed by atoms with Crippen molar-refractivity contribution in [2.24, 2.45) is 11.3 Å². The number of rotatable bonds is 2. The lowest BCUT2D eigenvalue weighted by molar-refractivity contribution is 0.0830. The highest BCUT2D eigenvalue weighted by molar-refractivity contribution is 7.08. The molecule has 2 rings (SSSR count). The van der Waals surface area contributed by atoms with Gasteiger partial charge in [-0.1, -0.05) is 33.6 Å². The molecule has 1 heterocycles. The van der Waals surface area contributed by atoms with Crippen LogP contribution in [0.1, 0.15) is 56.8 Å². The summed E-state index contributed by atoms with van der Waals surface area (Å²) in [4.78, 5) is 12.1. The quantitative estimate of drug-likeness (QED) is 0.857. The number of thiophene rings is 1. The molecule has 1 aliphatic carbocycles. The summed E-state index contributed by atoms with van der Waals surface area (Å²) in [5.41, 5.74) is 1.07. The van der Waals surface area contributed by atoms with Gasteiger partial charge in [0.1, 0.15) is 0 Å². The molecule has 0 aromatic carbocycles. The maximum Gasteiger partial charge on any atom is 0.252 e. The zero-order valence-electron chi connectivity index (χ0n) is 11.5. The lowest BCUT2D eigenvalue weighted by atomic mass is 9.69. The highest BCUT2D eigenvalue weighted by atomic mass is 32.1. The van der Waals surface area contributed by atoms with E-state index >= 15 is 0 Å². The van der Waals surface area contributed by atoms with Gasteiger partial charge in [-0.05, 0) is 35.6 Å². The van der Waals surface area contributed by atoms with Crippen molar-refractivity contribution in [2.75, 3.05) is 0 Å². The molecule has 1 N–H and O–H groups in total. The Hall–Kier alpha value is -0.830. The minimum atomic E-state index is 0.0948. The first kappa shape index (κ1) is 13.6. The van der Waals surface area contributed by atoms with Crippen LogP contribution < -0.4 is 5.32 Å². The summed E-state index contributed by atoms with van der Waals surface area (Å²) >= 11 is 1.58. The van der Waals surface area contributed by atoms with E-state index in [1.54, 1.807) is 11.3 Å². The lowest BCUT2D eigenvalue weighted by Crippen LogP contribution is -2.46. The van der Waals surface area contributed by atoms with E-state index in [1.807, 2.05) is 16.8 Å². The molecule has 1 fully saturated rings. The molecule has 2 unspecified atom stereocenters. The standard InChI is InChI=1S/C15H23NOS/c1-15(2,3)12-6-4-5-7-13(12)16-14(17)11-8-9-18-10-11/h8-10,12-13H,4-7H2,1-3H3,(H,16,17). The van der Waals surface area contributed by atoms with E-state index in [4.69, 9.17) is 0 Å². The fourth-order valence-corrected chi connectivity index (χ4v) is 3.62. The normalized spacial score (nSPS) is 24.8. The molecule has 2 atom stereocenters. The lowest BCUT2D eigenvalue weighted by Gasteiger charge is -2.40. The largest absolute Gasteiger partial charge is 0.349 e. The number of hydrogen-bond donors (Lipinski definition) is 1. The van der Waals surface area contributed by atoms with Crippen molar-refractivity contribution in [1.29, 1.82) is 0 Å². The molecule has 0 bridgehead atoms. The molecule has 2 nitrogen and oxygen atoms in total. The highest BCUT2D eigenvalue weighted by Gasteiger charge is 2.34. The predicted molar refractivity (Wildman–Crippen MR) is 77.0 cm³/mol. The number of carbonyl (C=O) groups excluding carboxylic acids is 1. The Bertz CT molecular complexity index is 391. The fourth-order valence-electron chi connectivity index (χ4n) is 2.99. The first-order valence-electron chi connectivity index (χ1n) is 6.81. The molecule has 1 aromatic rings. The predicted octanol–water partition coefficient (Wildman–Crippen LogP) is 4.08. The zero-order chi connectivity index (χ0) is 13.2. The minimum Gasteiger partial charge on any atom is -0.349 e. The van der Waals surface area contributed by atoms with Crippen LogP contribution in [0.2, 0.25) is 0 Å². The molecule has 0 saturated heterocycles. The van der Waals surface area contributed by atoms with Gasteiger partial charge in [0.05, 0.1) is 0 Å². The van der Waals surface area contributed by atoms with Gasteiger partial charge in [0, 0.05) is 17.0 Å². The third kappa shape index (κ3) is 3.14. The van der Waals surface area contributed by atoms with Gasteiger partial charge >= 0.3 is 0 Å². The average molecular weight is 265 g/mol. The van der Waals surface area contributed by atoms with Gasteiger partial charge in [0.2, 0.25) is 0 Å². The Labute approximate surface area is 114 Å². The van der Waals surface area contributed by atoms with Crippen LogP contribution in [0, 0.1) is 11.3 Å². The monoisotopic (exact) mass is 265 g/mol. The van der Waals surface area contributed by atoms with Crippen LogP contribution in [0.5, 0.6) is 0 Å². The summed E-state index contributed by atoms with van der Waals surface area (Å²) < 4.78 is 0. The van der Waals surface area contributed by atoms with Crippen LogP contribution in [0.25, 0.3) is 0 Å². The van der Waals surface area contributed by atoms with E-state index in [-0.39, 0.29) is 11.3 Å². The molecule has 1 saturated carbocycles. The van der Waals surface area contributed by atoms with Gasteiger partial charge in [-0.25, -0.2) is 0 Å². The Morgan fingerprint density at radius 1 is 1.33 bits per heavy atom. The van der Waals surface area contributed by atoms with Crippen LogP contribution in [-0.2, 0) is 0 Å². The van der Waals surface area contributed by atoms with Crippen LogP contribution in [0.4, 0.5) is 0 Å². The zero-order valence-corrected chi connectivity index (χ0v) is 12.3. The van der Waals surface area contributed by atoms with Gasteiger partial charge in [-0.2, -0.15) is 11.3 Å². The van der Waals surface area contributed by atoms with E-state index in [0.717, 1.165) is 12.0 Å². The van der Waals surface area contributed by atoms with E-state index in [9.17, 15) is 4.79 Å². The molecule has 3 heteroatoms. The summed E-state index contributed by atoms with van der Waals surface area (Å²) in [5.74, 6) is 0.686. The Kier molecular flexibility index (Phi) is 4.10. The number of hydrogen-bond acceptors (Lipinski definition) is 2. The first-order chi connectivity index (χ1) is 8.48. The first-order valence-corrected chi connectivity index (χ1v) is 7.76. The second-order valence-corrected chi connectivity index (χ2v) is 7.13. The van der Waals surface area contributed by atoms with Gasteiger partial charge < -0.3 is 5.32 Å². The van der Waals surface area contributed by atoms with Crippen LogP contribution >= 0.6 is 11.3 Å². The van der Waals surface area contributed by atoms with Crippen molar-refractivity contribution in [3.63, 3.8) is 0 Å². The molecule has 18 heavy (non-hydrogen) atoms. The van der Waals surface area contributed by atoms with Crippen molar-refractivity contribution >= 4 is 17.2 Å². The second kappa shape index (κ2) is 5.43. The van der Waals surface area contributed by atoms with Crippen LogP contribution in [-0.4, -0.2) is 11.9 Å². The van der Waals surface area contributed by atoms with Crippen LogP contribution in [0.15, 0.2) is 16.8 Å². The van der Waals surface area contributed by atoms with Crippen molar-refractivity contribution in [3.05, 3.63) is 22.4 Å². The van der Waals surface area contributed by atoms with Crippen molar-refractivity contribution in [1.82, 2.24) is 5.32 Å². The van der Waals surface area contributed by atoms with E-state index in [1.165, 1.54) is 19.3 Å². The average Bonchev–Trinajstić information content (AvgIpc) is 2.81. The smallest absolute Gasteiger partial charge is 0.252 e. The van der Waals surface area contributed by atoms with Gasteiger partial charge in [0.25, 0.3) is 5.91 Å². The van der Waals surface area contributed by atoms with E-state index in [2.05, 4.69) is 26.1 Å². The third-order valence-corrected chi connectivity index (χ3v) is 4.66. The summed E-state index contributed by atoms with van der Waals surface area (Å²) in [6, 6.07) is 2.24. The molecule has 1 aliphatic rings. The molecule has 1 aromatic heterocycles. The molecule has 1 amide bonds. The van der Waals surface area contributed by atoms with Crippen molar-refractivity contribution < 1.29 is 4.79 Å². The summed E-state index contributed by atoms with van der Waals surface area (Å²) in [5, 5.41) is 7.12. The second-order valence-electron chi connectivity index (χ2n) is 6.35.